The van der Waals surface area contributed by atoms with Gasteiger partial charge in [-0.2, -0.15) is 0 Å². The molecule has 0 saturated carbocycles. The summed E-state index contributed by atoms with van der Waals surface area (Å²) >= 11 is 0. The number of aryl methyl sites for hydroxylation is 1. The van der Waals surface area contributed by atoms with E-state index in [1.54, 1.807) is 25.1 Å². The molecule has 2 amide bonds. The second-order valence-corrected chi connectivity index (χ2v) is 13.0. The van der Waals surface area contributed by atoms with Crippen LogP contribution >= 0.6 is 0 Å². The number of carbonyl (C=O) groups excluding carboxylic acids is 2. The highest BCUT2D eigenvalue weighted by Crippen LogP contribution is 2.34. The van der Waals surface area contributed by atoms with E-state index in [0.29, 0.717) is 11.3 Å². The summed E-state index contributed by atoms with van der Waals surface area (Å²) in [6.07, 6.45) is 0.260. The number of benzene rings is 3. The summed E-state index contributed by atoms with van der Waals surface area (Å²) in [6, 6.07) is 15.5. The standard InChI is InChI=1S/C32H40FN3O6S/c1-8-27(31(38)34-32(3,4)5)35(20-23-11-13-24(33)14-12-23)30(37)21-36(25-15-18-28(41-6)29(19-25)42-7)43(39,40)26-16-9-22(2)10-17-26/h9-19,27H,8,20-21H2,1-7H3,(H,34,38)/t27-/m1/s1. The molecule has 0 aliphatic carbocycles. The largest absolute Gasteiger partial charge is 0.493 e. The summed E-state index contributed by atoms with van der Waals surface area (Å²) in [6.45, 7) is 8.44. The zero-order chi connectivity index (χ0) is 31.9. The number of ether oxygens (including phenoxy) is 2. The molecule has 0 aliphatic heterocycles. The fourth-order valence-corrected chi connectivity index (χ4v) is 5.91. The van der Waals surface area contributed by atoms with Crippen molar-refractivity contribution in [2.45, 2.75) is 64.1 Å². The lowest BCUT2D eigenvalue weighted by Gasteiger charge is -2.35. The van der Waals surface area contributed by atoms with E-state index in [9.17, 15) is 22.4 Å². The molecule has 0 aromatic heterocycles. The Labute approximate surface area is 253 Å². The van der Waals surface area contributed by atoms with E-state index in [1.165, 1.54) is 67.7 Å². The van der Waals surface area contributed by atoms with Crippen LogP contribution in [0.25, 0.3) is 0 Å². The van der Waals surface area contributed by atoms with Gasteiger partial charge in [0, 0.05) is 18.2 Å². The van der Waals surface area contributed by atoms with Crippen molar-refractivity contribution in [2.75, 3.05) is 25.1 Å². The fourth-order valence-electron chi connectivity index (χ4n) is 4.51. The number of rotatable bonds is 12. The van der Waals surface area contributed by atoms with E-state index >= 15 is 0 Å². The van der Waals surface area contributed by atoms with Crippen LogP contribution in [0.15, 0.2) is 71.6 Å². The first-order valence-corrected chi connectivity index (χ1v) is 15.3. The van der Waals surface area contributed by atoms with Gasteiger partial charge in [0.1, 0.15) is 18.4 Å². The maximum absolute atomic E-state index is 14.2. The number of halogens is 1. The number of hydrogen-bond acceptors (Lipinski definition) is 6. The van der Waals surface area contributed by atoms with Gasteiger partial charge in [-0.15, -0.1) is 0 Å². The van der Waals surface area contributed by atoms with Gasteiger partial charge in [0.25, 0.3) is 10.0 Å². The molecule has 11 heteroatoms. The first kappa shape index (κ1) is 33.4. The highest BCUT2D eigenvalue weighted by molar-refractivity contribution is 7.92. The molecular formula is C32H40FN3O6S. The summed E-state index contributed by atoms with van der Waals surface area (Å²) < 4.78 is 53.6. The average Bonchev–Trinajstić information content (AvgIpc) is 2.95. The van der Waals surface area contributed by atoms with E-state index in [1.807, 2.05) is 27.7 Å². The van der Waals surface area contributed by atoms with Crippen LogP contribution in [-0.4, -0.2) is 57.5 Å². The summed E-state index contributed by atoms with van der Waals surface area (Å²) in [5, 5.41) is 2.92. The highest BCUT2D eigenvalue weighted by Gasteiger charge is 2.35. The third-order valence-corrected chi connectivity index (χ3v) is 8.48. The minimum absolute atomic E-state index is 0.0108. The van der Waals surface area contributed by atoms with Crippen LogP contribution in [0.5, 0.6) is 11.5 Å². The smallest absolute Gasteiger partial charge is 0.264 e. The number of nitrogens with zero attached hydrogens (tertiary/aromatic N) is 2. The van der Waals surface area contributed by atoms with E-state index in [2.05, 4.69) is 5.32 Å². The Bertz CT molecular complexity index is 1520. The molecule has 0 bridgehead atoms. The Morgan fingerprint density at radius 3 is 2.07 bits per heavy atom. The molecule has 0 saturated heterocycles. The Morgan fingerprint density at radius 1 is 0.930 bits per heavy atom. The number of amides is 2. The first-order chi connectivity index (χ1) is 20.2. The fraction of sp³-hybridized carbons (Fsp3) is 0.375. The Kier molecular flexibility index (Phi) is 10.8. The van der Waals surface area contributed by atoms with Crippen LogP contribution in [-0.2, 0) is 26.2 Å². The Hall–Kier alpha value is -4.12. The summed E-state index contributed by atoms with van der Waals surface area (Å²) in [4.78, 5) is 28.9. The molecule has 3 aromatic carbocycles. The summed E-state index contributed by atoms with van der Waals surface area (Å²) in [5.74, 6) is -0.790. The van der Waals surface area contributed by atoms with Crippen molar-refractivity contribution in [2.24, 2.45) is 0 Å². The van der Waals surface area contributed by atoms with Crippen molar-refractivity contribution < 1.29 is 31.9 Å². The summed E-state index contributed by atoms with van der Waals surface area (Å²) in [7, 11) is -1.38. The minimum Gasteiger partial charge on any atom is -0.493 e. The normalized spacial score (nSPS) is 12.3. The zero-order valence-electron chi connectivity index (χ0n) is 25.7. The molecule has 43 heavy (non-hydrogen) atoms. The topological polar surface area (TPSA) is 105 Å². The van der Waals surface area contributed by atoms with Gasteiger partial charge < -0.3 is 19.7 Å². The number of anilines is 1. The molecule has 3 rings (SSSR count). The van der Waals surface area contributed by atoms with Gasteiger partial charge >= 0.3 is 0 Å². The predicted molar refractivity (Wildman–Crippen MR) is 164 cm³/mol. The van der Waals surface area contributed by atoms with E-state index < -0.39 is 39.9 Å². The monoisotopic (exact) mass is 613 g/mol. The first-order valence-electron chi connectivity index (χ1n) is 13.9. The van der Waals surface area contributed by atoms with Gasteiger partial charge in [0.2, 0.25) is 11.8 Å². The van der Waals surface area contributed by atoms with Crippen molar-refractivity contribution in [1.29, 1.82) is 0 Å². The molecule has 1 N–H and O–H groups in total. The number of sulfonamides is 1. The third-order valence-electron chi connectivity index (χ3n) is 6.69. The maximum atomic E-state index is 14.2. The van der Waals surface area contributed by atoms with Crippen molar-refractivity contribution in [1.82, 2.24) is 10.2 Å². The van der Waals surface area contributed by atoms with Gasteiger partial charge in [-0.3, -0.25) is 13.9 Å². The predicted octanol–water partition coefficient (Wildman–Crippen LogP) is 5.07. The molecule has 0 radical (unpaired) electrons. The maximum Gasteiger partial charge on any atom is 0.264 e. The third kappa shape index (κ3) is 8.47. The van der Waals surface area contributed by atoms with E-state index in [0.717, 1.165) is 9.87 Å². The number of nitrogens with one attached hydrogen (secondary N) is 1. The van der Waals surface area contributed by atoms with Gasteiger partial charge in [0.05, 0.1) is 24.8 Å². The molecule has 3 aromatic rings. The molecule has 0 aliphatic rings. The van der Waals surface area contributed by atoms with Crippen LogP contribution < -0.4 is 19.1 Å². The van der Waals surface area contributed by atoms with E-state index in [-0.39, 0.29) is 35.2 Å². The molecule has 0 fully saturated rings. The van der Waals surface area contributed by atoms with Gasteiger partial charge in [-0.25, -0.2) is 12.8 Å². The van der Waals surface area contributed by atoms with Crippen LogP contribution in [0.1, 0.15) is 45.2 Å². The Balaban J connectivity index is 2.12. The second kappa shape index (κ2) is 13.9. The SMILES string of the molecule is CC[C@H](C(=O)NC(C)(C)C)N(Cc1ccc(F)cc1)C(=O)CN(c1ccc(OC)c(OC)c1)S(=O)(=O)c1ccc(C)cc1. The number of hydrogen-bond donors (Lipinski definition) is 1. The van der Waals surface area contributed by atoms with Gasteiger partial charge in [0.15, 0.2) is 11.5 Å². The molecule has 0 spiro atoms. The molecule has 9 nitrogen and oxygen atoms in total. The van der Waals surface area contributed by atoms with Crippen LogP contribution in [0.2, 0.25) is 0 Å². The highest BCUT2D eigenvalue weighted by atomic mass is 32.2. The molecule has 1 atom stereocenters. The Morgan fingerprint density at radius 2 is 1.53 bits per heavy atom. The quantitative estimate of drug-likeness (QED) is 0.306. The number of carbonyl (C=O) groups is 2. The van der Waals surface area contributed by atoms with Crippen molar-refractivity contribution >= 4 is 27.5 Å². The molecule has 232 valence electrons. The molecular weight excluding hydrogens is 573 g/mol. The molecule has 0 unspecified atom stereocenters. The van der Waals surface area contributed by atoms with Crippen LogP contribution in [0, 0.1) is 12.7 Å². The molecule has 0 heterocycles. The minimum atomic E-state index is -4.26. The van der Waals surface area contributed by atoms with Crippen LogP contribution in [0.4, 0.5) is 10.1 Å². The number of methoxy groups -OCH3 is 2. The lowest BCUT2D eigenvalue weighted by atomic mass is 10.1. The lowest BCUT2D eigenvalue weighted by Crippen LogP contribution is -2.55. The van der Waals surface area contributed by atoms with Gasteiger partial charge in [-0.1, -0.05) is 36.8 Å². The van der Waals surface area contributed by atoms with E-state index in [4.69, 9.17) is 9.47 Å². The zero-order valence-corrected chi connectivity index (χ0v) is 26.5. The van der Waals surface area contributed by atoms with Crippen molar-refractivity contribution in [3.05, 3.63) is 83.7 Å². The van der Waals surface area contributed by atoms with Crippen molar-refractivity contribution in [3.63, 3.8) is 0 Å². The summed E-state index contributed by atoms with van der Waals surface area (Å²) in [5.41, 5.74) is 1.04. The lowest BCUT2D eigenvalue weighted by molar-refractivity contribution is -0.141. The second-order valence-electron chi connectivity index (χ2n) is 11.2. The van der Waals surface area contributed by atoms with Crippen LogP contribution in [0.3, 0.4) is 0 Å². The van der Waals surface area contributed by atoms with Crippen molar-refractivity contribution in [3.8, 4) is 11.5 Å². The van der Waals surface area contributed by atoms with Gasteiger partial charge in [-0.05, 0) is 76.1 Å². The average molecular weight is 614 g/mol.